The van der Waals surface area contributed by atoms with Crippen molar-refractivity contribution >= 4 is 21.6 Å². The van der Waals surface area contributed by atoms with Crippen LogP contribution in [0.15, 0.2) is 48.8 Å². The third-order valence-corrected chi connectivity index (χ3v) is 4.14. The van der Waals surface area contributed by atoms with Crippen LogP contribution >= 0.6 is 11.3 Å². The first kappa shape index (κ1) is 12.3. The molecular formula is C15H15N3S. The zero-order valence-electron chi connectivity index (χ0n) is 10.7. The van der Waals surface area contributed by atoms with Crippen molar-refractivity contribution in [3.63, 3.8) is 0 Å². The number of hydrogen-bond donors (Lipinski definition) is 1. The second-order valence-electron chi connectivity index (χ2n) is 4.46. The molecule has 0 aliphatic heterocycles. The lowest BCUT2D eigenvalue weighted by atomic mass is 10.1. The Morgan fingerprint density at radius 2 is 1.95 bits per heavy atom. The Balaban J connectivity index is 1.69. The van der Waals surface area contributed by atoms with Crippen molar-refractivity contribution in [2.24, 2.45) is 0 Å². The van der Waals surface area contributed by atoms with Crippen LogP contribution in [0.4, 0.5) is 0 Å². The smallest absolute Gasteiger partial charge is 0.108 e. The number of pyridine rings is 1. The fraction of sp³-hybridized carbons (Fsp3) is 0.200. The van der Waals surface area contributed by atoms with Gasteiger partial charge in [-0.3, -0.25) is 4.98 Å². The van der Waals surface area contributed by atoms with E-state index in [0.29, 0.717) is 6.04 Å². The molecule has 1 N–H and O–H groups in total. The highest BCUT2D eigenvalue weighted by molar-refractivity contribution is 7.18. The van der Waals surface area contributed by atoms with Gasteiger partial charge < -0.3 is 5.32 Å². The van der Waals surface area contributed by atoms with Gasteiger partial charge in [0.05, 0.1) is 10.2 Å². The average molecular weight is 269 g/mol. The molecule has 1 unspecified atom stereocenters. The van der Waals surface area contributed by atoms with E-state index in [1.54, 1.807) is 11.3 Å². The van der Waals surface area contributed by atoms with Crippen LogP contribution in [0, 0.1) is 0 Å². The maximum atomic E-state index is 4.62. The lowest BCUT2D eigenvalue weighted by Gasteiger charge is -2.12. The van der Waals surface area contributed by atoms with E-state index >= 15 is 0 Å². The Labute approximate surface area is 116 Å². The quantitative estimate of drug-likeness (QED) is 0.787. The summed E-state index contributed by atoms with van der Waals surface area (Å²) in [4.78, 5) is 8.66. The van der Waals surface area contributed by atoms with E-state index in [2.05, 4.69) is 40.4 Å². The summed E-state index contributed by atoms with van der Waals surface area (Å²) in [6.45, 7) is 2.95. The van der Waals surface area contributed by atoms with Crippen LogP contribution in [-0.2, 0) is 6.54 Å². The summed E-state index contributed by atoms with van der Waals surface area (Å²) in [5.74, 6) is 0. The Hall–Kier alpha value is -1.78. The molecule has 3 rings (SSSR count). The molecule has 0 radical (unpaired) electrons. The fourth-order valence-electron chi connectivity index (χ4n) is 2.01. The van der Waals surface area contributed by atoms with Crippen molar-refractivity contribution in [3.05, 3.63) is 59.4 Å². The second-order valence-corrected chi connectivity index (χ2v) is 5.57. The molecule has 2 heterocycles. The van der Waals surface area contributed by atoms with Crippen LogP contribution in [0.25, 0.3) is 10.2 Å². The molecule has 0 fully saturated rings. The number of hydrogen-bond acceptors (Lipinski definition) is 4. The second kappa shape index (κ2) is 5.47. The number of thiazole rings is 1. The molecule has 0 bridgehead atoms. The lowest BCUT2D eigenvalue weighted by molar-refractivity contribution is 0.573. The fourth-order valence-corrected chi connectivity index (χ4v) is 2.92. The predicted molar refractivity (Wildman–Crippen MR) is 79.1 cm³/mol. The number of rotatable bonds is 4. The van der Waals surface area contributed by atoms with Gasteiger partial charge in [0.25, 0.3) is 0 Å². The van der Waals surface area contributed by atoms with Gasteiger partial charge in [-0.25, -0.2) is 4.98 Å². The van der Waals surface area contributed by atoms with Crippen molar-refractivity contribution in [2.75, 3.05) is 0 Å². The van der Waals surface area contributed by atoms with Crippen molar-refractivity contribution in [1.82, 2.24) is 15.3 Å². The molecule has 1 atom stereocenters. The molecule has 19 heavy (non-hydrogen) atoms. The molecule has 0 saturated carbocycles. The molecule has 4 heteroatoms. The largest absolute Gasteiger partial charge is 0.304 e. The predicted octanol–water partition coefficient (Wildman–Crippen LogP) is 3.54. The van der Waals surface area contributed by atoms with Gasteiger partial charge >= 0.3 is 0 Å². The Morgan fingerprint density at radius 1 is 1.16 bits per heavy atom. The highest BCUT2D eigenvalue weighted by Crippen LogP contribution is 2.22. The normalized spacial score (nSPS) is 12.7. The summed E-state index contributed by atoms with van der Waals surface area (Å²) in [5.41, 5.74) is 2.33. The van der Waals surface area contributed by atoms with E-state index in [0.717, 1.165) is 17.1 Å². The summed E-state index contributed by atoms with van der Waals surface area (Å²) in [7, 11) is 0. The van der Waals surface area contributed by atoms with Gasteiger partial charge in [0.1, 0.15) is 5.01 Å². The molecule has 1 aromatic carbocycles. The van der Waals surface area contributed by atoms with Gasteiger partial charge in [-0.15, -0.1) is 11.3 Å². The van der Waals surface area contributed by atoms with Gasteiger partial charge in [-0.1, -0.05) is 12.1 Å². The number of nitrogens with zero attached hydrogens (tertiary/aromatic N) is 2. The molecule has 0 aliphatic rings. The first-order valence-electron chi connectivity index (χ1n) is 6.31. The first-order chi connectivity index (χ1) is 9.33. The number of aromatic nitrogens is 2. The maximum Gasteiger partial charge on any atom is 0.108 e. The summed E-state index contributed by atoms with van der Waals surface area (Å²) in [5, 5.41) is 4.62. The minimum atomic E-state index is 0.301. The van der Waals surface area contributed by atoms with Crippen LogP contribution in [0.2, 0.25) is 0 Å². The molecular weight excluding hydrogens is 254 g/mol. The van der Waals surface area contributed by atoms with Gasteiger partial charge in [-0.2, -0.15) is 0 Å². The standard InChI is InChI=1S/C15H15N3S/c1-11(12-6-8-16-9-7-12)17-10-15-18-13-4-2-3-5-14(13)19-15/h2-9,11,17H,10H2,1H3. The summed E-state index contributed by atoms with van der Waals surface area (Å²) < 4.78 is 1.25. The van der Waals surface area contributed by atoms with E-state index in [1.807, 2.05) is 30.6 Å². The molecule has 0 aliphatic carbocycles. The number of nitrogens with one attached hydrogen (secondary N) is 1. The molecule has 96 valence electrons. The maximum absolute atomic E-state index is 4.62. The Kier molecular flexibility index (Phi) is 3.53. The van der Waals surface area contributed by atoms with Crippen LogP contribution in [0.3, 0.4) is 0 Å². The third-order valence-electron chi connectivity index (χ3n) is 3.10. The molecule has 0 saturated heterocycles. The highest BCUT2D eigenvalue weighted by atomic mass is 32.1. The number of fused-ring (bicyclic) bond motifs is 1. The molecule has 3 nitrogen and oxygen atoms in total. The van der Waals surface area contributed by atoms with Crippen LogP contribution in [-0.4, -0.2) is 9.97 Å². The lowest BCUT2D eigenvalue weighted by Crippen LogP contribution is -2.17. The average Bonchev–Trinajstić information content (AvgIpc) is 2.88. The molecule has 0 spiro atoms. The number of para-hydroxylation sites is 1. The minimum absolute atomic E-state index is 0.301. The molecule has 3 aromatic rings. The highest BCUT2D eigenvalue weighted by Gasteiger charge is 2.07. The van der Waals surface area contributed by atoms with Crippen molar-refractivity contribution in [2.45, 2.75) is 19.5 Å². The number of benzene rings is 1. The summed E-state index contributed by atoms with van der Waals surface area (Å²) >= 11 is 1.75. The monoisotopic (exact) mass is 269 g/mol. The van der Waals surface area contributed by atoms with Crippen molar-refractivity contribution in [1.29, 1.82) is 0 Å². The molecule has 0 amide bonds. The Morgan fingerprint density at radius 3 is 2.74 bits per heavy atom. The van der Waals surface area contributed by atoms with Crippen LogP contribution in [0.5, 0.6) is 0 Å². The van der Waals surface area contributed by atoms with E-state index in [9.17, 15) is 0 Å². The van der Waals surface area contributed by atoms with E-state index in [1.165, 1.54) is 10.3 Å². The summed E-state index contributed by atoms with van der Waals surface area (Å²) in [6.07, 6.45) is 3.65. The van der Waals surface area contributed by atoms with Gasteiger partial charge in [-0.05, 0) is 36.8 Å². The Bertz CT molecular complexity index is 630. The van der Waals surface area contributed by atoms with Gasteiger partial charge in [0.15, 0.2) is 0 Å². The van der Waals surface area contributed by atoms with E-state index in [4.69, 9.17) is 0 Å². The van der Waals surface area contributed by atoms with Gasteiger partial charge in [0.2, 0.25) is 0 Å². The van der Waals surface area contributed by atoms with Crippen molar-refractivity contribution in [3.8, 4) is 0 Å². The zero-order valence-corrected chi connectivity index (χ0v) is 11.5. The first-order valence-corrected chi connectivity index (χ1v) is 7.12. The zero-order chi connectivity index (χ0) is 13.1. The molecule has 2 aromatic heterocycles. The van der Waals surface area contributed by atoms with Crippen molar-refractivity contribution < 1.29 is 0 Å². The van der Waals surface area contributed by atoms with E-state index in [-0.39, 0.29) is 0 Å². The van der Waals surface area contributed by atoms with Crippen LogP contribution < -0.4 is 5.32 Å². The third kappa shape index (κ3) is 2.80. The summed E-state index contributed by atoms with van der Waals surface area (Å²) in [6, 6.07) is 12.6. The SMILES string of the molecule is CC(NCc1nc2ccccc2s1)c1ccncc1. The topological polar surface area (TPSA) is 37.8 Å². The van der Waals surface area contributed by atoms with Gasteiger partial charge in [0, 0.05) is 25.0 Å². The minimum Gasteiger partial charge on any atom is -0.304 e. The van der Waals surface area contributed by atoms with Crippen LogP contribution in [0.1, 0.15) is 23.5 Å². The van der Waals surface area contributed by atoms with E-state index < -0.39 is 0 Å².